The van der Waals surface area contributed by atoms with Crippen molar-refractivity contribution in [1.29, 1.82) is 0 Å². The minimum absolute atomic E-state index is 0.168. The minimum Gasteiger partial charge on any atom is -0.461 e. The number of hydrogen-bond donors (Lipinski definition) is 2. The Hall–Kier alpha value is -3.80. The summed E-state index contributed by atoms with van der Waals surface area (Å²) in [4.78, 5) is 31.5. The van der Waals surface area contributed by atoms with E-state index in [0.29, 0.717) is 54.4 Å². The lowest BCUT2D eigenvalue weighted by Gasteiger charge is -2.16. The number of nitrogens with one attached hydrogen (secondary N) is 1. The van der Waals surface area contributed by atoms with Crippen molar-refractivity contribution in [3.63, 3.8) is 0 Å². The maximum absolute atomic E-state index is 12.7. The fraction of sp³-hybridized carbons (Fsp3) is 0.333. The average molecular weight is 414 g/mol. The Morgan fingerprint density at radius 2 is 2.03 bits per heavy atom. The summed E-state index contributed by atoms with van der Waals surface area (Å²) in [6.07, 6.45) is 7.25. The van der Waals surface area contributed by atoms with Gasteiger partial charge in [-0.3, -0.25) is 19.4 Å². The van der Waals surface area contributed by atoms with Gasteiger partial charge in [-0.05, 0) is 12.2 Å². The van der Waals surface area contributed by atoms with Crippen molar-refractivity contribution >= 4 is 35.5 Å². The monoisotopic (exact) mass is 414 g/mol. The second-order valence-corrected chi connectivity index (χ2v) is 6.29. The lowest BCUT2D eigenvalue weighted by molar-refractivity contribution is -0.106. The van der Waals surface area contributed by atoms with Crippen LogP contribution in [0.5, 0.6) is 6.01 Å². The average Bonchev–Trinajstić information content (AvgIpc) is 3.30. The van der Waals surface area contributed by atoms with Crippen LogP contribution in [-0.2, 0) is 16.6 Å². The number of carbonyl (C=O) groups is 2. The summed E-state index contributed by atoms with van der Waals surface area (Å²) in [5, 5.41) is 11.5. The Morgan fingerprint density at radius 1 is 1.23 bits per heavy atom. The van der Waals surface area contributed by atoms with E-state index in [1.165, 1.54) is 0 Å². The number of primary amides is 1. The van der Waals surface area contributed by atoms with Crippen LogP contribution in [0.1, 0.15) is 21.7 Å². The summed E-state index contributed by atoms with van der Waals surface area (Å²) >= 11 is 0. The Bertz CT molecular complexity index is 1060. The number of aromatic nitrogens is 6. The Labute approximate surface area is 171 Å². The third kappa shape index (κ3) is 4.78. The van der Waals surface area contributed by atoms with Gasteiger partial charge in [-0.25, -0.2) is 4.98 Å². The van der Waals surface area contributed by atoms with Crippen LogP contribution < -0.4 is 10.5 Å². The number of amides is 2. The Morgan fingerprint density at radius 3 is 2.83 bits per heavy atom. The number of nitrogens with two attached hydrogens (primary N) is 1. The summed E-state index contributed by atoms with van der Waals surface area (Å²) in [6, 6.07) is 0.267. The smallest absolute Gasteiger partial charge is 0.317 e. The molecule has 0 radical (unpaired) electrons. The number of likely N-dealkylation sites (N-methyl/N-ethyl adjacent to an activating group) is 1. The van der Waals surface area contributed by atoms with Crippen LogP contribution in [0.15, 0.2) is 12.4 Å². The second kappa shape index (κ2) is 9.60. The molecule has 3 N–H and O–H groups in total. The highest BCUT2D eigenvalue weighted by Gasteiger charge is 2.19. The largest absolute Gasteiger partial charge is 0.461 e. The molecule has 1 aliphatic rings. The first-order valence-corrected chi connectivity index (χ1v) is 9.07. The van der Waals surface area contributed by atoms with E-state index in [4.69, 9.17) is 14.3 Å². The fourth-order valence-corrected chi connectivity index (χ4v) is 2.74. The molecule has 158 valence electrons. The lowest BCUT2D eigenvalue weighted by atomic mass is 10.2. The van der Waals surface area contributed by atoms with Crippen molar-refractivity contribution in [2.75, 3.05) is 33.4 Å². The van der Waals surface area contributed by atoms with Crippen LogP contribution in [0.25, 0.3) is 23.2 Å². The molecule has 12 nitrogen and oxygen atoms in total. The van der Waals surface area contributed by atoms with E-state index >= 15 is 0 Å². The molecule has 2 bridgehead atoms. The third-order valence-corrected chi connectivity index (χ3v) is 4.16. The van der Waals surface area contributed by atoms with Crippen LogP contribution in [0.2, 0.25) is 0 Å². The highest BCUT2D eigenvalue weighted by molar-refractivity contribution is 5.97. The molecule has 3 aromatic rings. The molecule has 0 spiro atoms. The topological polar surface area (TPSA) is 154 Å². The van der Waals surface area contributed by atoms with E-state index in [9.17, 15) is 4.79 Å². The number of aromatic amines is 1. The van der Waals surface area contributed by atoms with Gasteiger partial charge < -0.3 is 20.1 Å². The quantitative estimate of drug-likeness (QED) is 0.481. The van der Waals surface area contributed by atoms with Gasteiger partial charge in [-0.2, -0.15) is 15.2 Å². The first-order valence-electron chi connectivity index (χ1n) is 9.07. The third-order valence-electron chi connectivity index (χ3n) is 4.16. The molecule has 4 rings (SSSR count). The number of H-pyrrole nitrogens is 1. The first-order chi connectivity index (χ1) is 14.5. The summed E-state index contributed by atoms with van der Waals surface area (Å²) in [6.45, 7) is 1.53. The lowest BCUT2D eigenvalue weighted by Crippen LogP contribution is -2.31. The molecule has 2 amide bonds. The van der Waals surface area contributed by atoms with Crippen LogP contribution >= 0.6 is 0 Å². The molecule has 3 aromatic heterocycles. The van der Waals surface area contributed by atoms with E-state index in [1.807, 2.05) is 0 Å². The number of ether oxygens (including phenoxy) is 2. The van der Waals surface area contributed by atoms with Gasteiger partial charge in [-0.1, -0.05) is 0 Å². The van der Waals surface area contributed by atoms with Gasteiger partial charge in [0.15, 0.2) is 5.69 Å². The molecule has 0 atom stereocenters. The highest BCUT2D eigenvalue weighted by atomic mass is 16.5. The SMILES string of the molecule is CN1CCOCCOc2ncc3[nH]nc(c3n2)/C=C/c2cn(C)nc2C1=O.NC=O. The predicted molar refractivity (Wildman–Crippen MR) is 107 cm³/mol. The highest BCUT2D eigenvalue weighted by Crippen LogP contribution is 2.19. The molecule has 0 aromatic carbocycles. The maximum Gasteiger partial charge on any atom is 0.317 e. The van der Waals surface area contributed by atoms with Gasteiger partial charge in [0.2, 0.25) is 6.41 Å². The first kappa shape index (κ1) is 20.9. The molecular formula is C18H22N8O4. The zero-order chi connectivity index (χ0) is 21.5. The van der Waals surface area contributed by atoms with Crippen LogP contribution in [0, 0.1) is 0 Å². The minimum atomic E-state index is -0.168. The molecule has 0 saturated carbocycles. The number of fused-ring (bicyclic) bond motifs is 2. The number of aryl methyl sites for hydroxylation is 1. The van der Waals surface area contributed by atoms with E-state index in [0.717, 1.165) is 0 Å². The molecule has 4 heterocycles. The van der Waals surface area contributed by atoms with E-state index in [-0.39, 0.29) is 18.3 Å². The predicted octanol–water partition coefficient (Wildman–Crippen LogP) is -0.161. The molecule has 30 heavy (non-hydrogen) atoms. The van der Waals surface area contributed by atoms with E-state index < -0.39 is 0 Å². The molecule has 0 saturated heterocycles. The van der Waals surface area contributed by atoms with Gasteiger partial charge in [0.1, 0.15) is 23.3 Å². The molecule has 0 aliphatic carbocycles. The normalized spacial score (nSPS) is 15.8. The van der Waals surface area contributed by atoms with Crippen molar-refractivity contribution in [2.24, 2.45) is 12.8 Å². The number of rotatable bonds is 0. The number of nitrogens with zero attached hydrogens (tertiary/aromatic N) is 6. The van der Waals surface area contributed by atoms with Crippen LogP contribution in [0.3, 0.4) is 0 Å². The van der Waals surface area contributed by atoms with Gasteiger partial charge in [-0.15, -0.1) is 0 Å². The molecular weight excluding hydrogens is 392 g/mol. The number of carbonyl (C=O) groups excluding carboxylic acids is 2. The zero-order valence-electron chi connectivity index (χ0n) is 16.6. The molecule has 0 unspecified atom stereocenters. The Balaban J connectivity index is 0.000000806. The van der Waals surface area contributed by atoms with Crippen molar-refractivity contribution in [3.05, 3.63) is 29.3 Å². The standard InChI is InChI=1S/C17H19N7O3.CH3NO/c1-23-5-6-26-7-8-27-17-18-9-13-15(19-17)12(20-21-13)4-3-11-10-24(2)22-14(11)16(23)25;2-1-3/h3-4,9-10H,5-8H2,1-2H3,(H,20,21);1H,(H2,2,3)/b4-3+;. The Kier molecular flexibility index (Phi) is 6.70. The molecule has 12 heteroatoms. The van der Waals surface area contributed by atoms with Crippen molar-refractivity contribution < 1.29 is 19.1 Å². The van der Waals surface area contributed by atoms with Gasteiger partial charge in [0.05, 0.1) is 19.4 Å². The van der Waals surface area contributed by atoms with Gasteiger partial charge in [0.25, 0.3) is 5.91 Å². The van der Waals surface area contributed by atoms with E-state index in [1.54, 1.807) is 48.2 Å². The summed E-state index contributed by atoms with van der Waals surface area (Å²) in [7, 11) is 3.50. The summed E-state index contributed by atoms with van der Waals surface area (Å²) < 4.78 is 12.7. The van der Waals surface area contributed by atoms with Crippen molar-refractivity contribution in [3.8, 4) is 6.01 Å². The molecule has 1 aliphatic heterocycles. The fourth-order valence-electron chi connectivity index (χ4n) is 2.74. The zero-order valence-corrected chi connectivity index (χ0v) is 16.6. The van der Waals surface area contributed by atoms with Gasteiger partial charge in [0, 0.05) is 32.4 Å². The van der Waals surface area contributed by atoms with Crippen molar-refractivity contribution in [2.45, 2.75) is 0 Å². The second-order valence-electron chi connectivity index (χ2n) is 6.29. The van der Waals surface area contributed by atoms with Crippen molar-refractivity contribution in [1.82, 2.24) is 34.8 Å². The van der Waals surface area contributed by atoms with Crippen LogP contribution in [-0.4, -0.2) is 80.6 Å². The van der Waals surface area contributed by atoms with Crippen LogP contribution in [0.4, 0.5) is 0 Å². The number of hydrogen-bond acceptors (Lipinski definition) is 8. The van der Waals surface area contributed by atoms with Gasteiger partial charge >= 0.3 is 6.01 Å². The molecule has 0 fully saturated rings. The maximum atomic E-state index is 12.7. The summed E-state index contributed by atoms with van der Waals surface area (Å²) in [5.74, 6) is -0.168. The van der Waals surface area contributed by atoms with E-state index in [2.05, 4.69) is 31.0 Å². The summed E-state index contributed by atoms with van der Waals surface area (Å²) in [5.41, 5.74) is 7.20.